The number of aldehydes is 1. The molecule has 0 fully saturated rings. The average Bonchev–Trinajstić information content (AvgIpc) is 3.18. The molecule has 0 spiro atoms. The van der Waals surface area contributed by atoms with Crippen molar-refractivity contribution in [3.63, 3.8) is 0 Å². The number of nitrogens with zero attached hydrogens (tertiary/aromatic N) is 3. The summed E-state index contributed by atoms with van der Waals surface area (Å²) in [4.78, 5) is 16.1. The van der Waals surface area contributed by atoms with E-state index in [9.17, 15) is 4.79 Å². The maximum absolute atomic E-state index is 11.4. The van der Waals surface area contributed by atoms with E-state index in [-0.39, 0.29) is 11.8 Å². The van der Waals surface area contributed by atoms with Crippen LogP contribution in [-0.4, -0.2) is 28.7 Å². The van der Waals surface area contributed by atoms with Gasteiger partial charge in [-0.05, 0) is 35.8 Å². The summed E-state index contributed by atoms with van der Waals surface area (Å²) in [6, 6.07) is 18.2. The van der Waals surface area contributed by atoms with Crippen LogP contribution in [0.5, 0.6) is 0 Å². The fourth-order valence-electron chi connectivity index (χ4n) is 3.45. The third kappa shape index (κ3) is 3.43. The van der Waals surface area contributed by atoms with Crippen LogP contribution in [0.1, 0.15) is 19.4 Å². The Kier molecular flexibility index (Phi) is 4.63. The minimum absolute atomic E-state index is 0.0674. The van der Waals surface area contributed by atoms with Crippen LogP contribution in [0.4, 0.5) is 0 Å². The Morgan fingerprint density at radius 3 is 2.52 bits per heavy atom. The van der Waals surface area contributed by atoms with E-state index in [1.807, 2.05) is 42.5 Å². The highest BCUT2D eigenvalue weighted by Crippen LogP contribution is 2.26. The minimum Gasteiger partial charge on any atom is -0.303 e. The van der Waals surface area contributed by atoms with Gasteiger partial charge in [0.05, 0.1) is 23.5 Å². The van der Waals surface area contributed by atoms with Crippen molar-refractivity contribution < 1.29 is 4.79 Å². The first-order valence-corrected chi connectivity index (χ1v) is 9.19. The van der Waals surface area contributed by atoms with Gasteiger partial charge in [-0.25, -0.2) is 0 Å². The van der Waals surface area contributed by atoms with Gasteiger partial charge in [0.15, 0.2) is 0 Å². The number of hydrogen-bond acceptors (Lipinski definition) is 4. The third-order valence-corrected chi connectivity index (χ3v) is 5.00. The van der Waals surface area contributed by atoms with E-state index in [2.05, 4.69) is 47.2 Å². The summed E-state index contributed by atoms with van der Waals surface area (Å²) in [5.41, 5.74) is 5.81. The van der Waals surface area contributed by atoms with Crippen molar-refractivity contribution in [3.8, 4) is 11.3 Å². The molecule has 1 unspecified atom stereocenters. The van der Waals surface area contributed by atoms with E-state index in [1.54, 1.807) is 0 Å². The normalized spacial score (nSPS) is 14.9. The summed E-state index contributed by atoms with van der Waals surface area (Å²) >= 11 is 0. The molecule has 3 aromatic rings. The lowest BCUT2D eigenvalue weighted by Crippen LogP contribution is -2.14. The Hall–Kier alpha value is -3.14. The largest absolute Gasteiger partial charge is 0.303 e. The molecular weight excluding hydrogens is 334 g/mol. The number of rotatable bonds is 5. The van der Waals surface area contributed by atoms with Crippen LogP contribution >= 0.6 is 0 Å². The fourth-order valence-corrected chi connectivity index (χ4v) is 3.45. The Morgan fingerprint density at radius 1 is 0.963 bits per heavy atom. The van der Waals surface area contributed by atoms with Crippen LogP contribution in [0.3, 0.4) is 0 Å². The van der Waals surface area contributed by atoms with Crippen LogP contribution < -0.4 is 0 Å². The average molecular weight is 355 g/mol. The molecule has 0 saturated carbocycles. The molecule has 1 aromatic heterocycles. The molecule has 0 aliphatic carbocycles. The first kappa shape index (κ1) is 17.3. The van der Waals surface area contributed by atoms with Crippen LogP contribution in [0.25, 0.3) is 22.2 Å². The summed E-state index contributed by atoms with van der Waals surface area (Å²) in [6.45, 7) is 4.73. The molecule has 2 heterocycles. The fraction of sp³-hybridized carbons (Fsp3) is 0.217. The van der Waals surface area contributed by atoms with Gasteiger partial charge in [0.1, 0.15) is 6.29 Å². The number of aliphatic imine (C=N–C) groups is 1. The molecule has 27 heavy (non-hydrogen) atoms. The summed E-state index contributed by atoms with van der Waals surface area (Å²) < 4.78 is 0. The highest BCUT2D eigenvalue weighted by atomic mass is 16.1. The first-order chi connectivity index (χ1) is 13.2. The van der Waals surface area contributed by atoms with Gasteiger partial charge in [-0.1, -0.05) is 50.2 Å². The topological polar surface area (TPSA) is 55.2 Å². The lowest BCUT2D eigenvalue weighted by atomic mass is 9.89. The molecule has 4 nitrogen and oxygen atoms in total. The maximum atomic E-state index is 11.4. The lowest BCUT2D eigenvalue weighted by molar-refractivity contribution is -0.111. The highest BCUT2D eigenvalue weighted by Gasteiger charge is 2.21. The Labute approximate surface area is 158 Å². The van der Waals surface area contributed by atoms with Crippen LogP contribution in [0, 0.1) is 11.8 Å². The molecule has 134 valence electrons. The van der Waals surface area contributed by atoms with E-state index >= 15 is 0 Å². The quantitative estimate of drug-likeness (QED) is 0.633. The summed E-state index contributed by atoms with van der Waals surface area (Å²) in [7, 11) is 0. The van der Waals surface area contributed by atoms with Crippen molar-refractivity contribution in [1.29, 1.82) is 0 Å². The Bertz CT molecular complexity index is 1050. The number of carbonyl (C=O) groups is 1. The van der Waals surface area contributed by atoms with Crippen molar-refractivity contribution in [2.24, 2.45) is 16.8 Å². The molecule has 0 amide bonds. The van der Waals surface area contributed by atoms with Crippen LogP contribution in [0.15, 0.2) is 71.2 Å². The monoisotopic (exact) mass is 355 g/mol. The number of fused-ring (bicyclic) bond motifs is 1. The zero-order chi connectivity index (χ0) is 18.8. The minimum atomic E-state index is -0.0674. The van der Waals surface area contributed by atoms with Gasteiger partial charge in [0.2, 0.25) is 0 Å². The van der Waals surface area contributed by atoms with Crippen molar-refractivity contribution in [2.75, 3.05) is 6.54 Å². The van der Waals surface area contributed by atoms with Gasteiger partial charge in [0, 0.05) is 22.4 Å². The number of carbonyl (C=O) groups excluding carboxylic acids is 1. The second-order valence-corrected chi connectivity index (χ2v) is 7.20. The SMILES string of the molecule is CC(C)C(C=O)C1=CC(c2ccc3nnc(-c4ccccc4)cc3c2)=NC1. The van der Waals surface area contributed by atoms with Crippen LogP contribution in [0.2, 0.25) is 0 Å². The van der Waals surface area contributed by atoms with Crippen molar-refractivity contribution in [1.82, 2.24) is 10.2 Å². The highest BCUT2D eigenvalue weighted by molar-refractivity contribution is 6.12. The predicted molar refractivity (Wildman–Crippen MR) is 109 cm³/mol. The number of hydrogen-bond donors (Lipinski definition) is 0. The molecule has 0 bridgehead atoms. The molecule has 4 rings (SSSR count). The molecule has 4 heteroatoms. The smallest absolute Gasteiger partial charge is 0.127 e. The molecule has 1 aliphatic rings. The lowest BCUT2D eigenvalue weighted by Gasteiger charge is -2.14. The molecule has 0 radical (unpaired) electrons. The third-order valence-electron chi connectivity index (χ3n) is 5.00. The summed E-state index contributed by atoms with van der Waals surface area (Å²) in [5, 5.41) is 9.72. The van der Waals surface area contributed by atoms with Gasteiger partial charge in [-0.3, -0.25) is 4.99 Å². The molecule has 2 aromatic carbocycles. The number of allylic oxidation sites excluding steroid dienone is 1. The second-order valence-electron chi connectivity index (χ2n) is 7.20. The standard InChI is InChI=1S/C23H21N3O/c1-15(2)20(14-27)19-12-22(24-13-19)17-8-9-21-18(10-17)11-23(26-25-21)16-6-4-3-5-7-16/h3-12,14-15,20H,13H2,1-2H3. The van der Waals surface area contributed by atoms with E-state index in [0.29, 0.717) is 6.54 Å². The molecular formula is C23H21N3O. The molecule has 1 aliphatic heterocycles. The maximum Gasteiger partial charge on any atom is 0.127 e. The summed E-state index contributed by atoms with van der Waals surface area (Å²) in [6.07, 6.45) is 3.10. The van der Waals surface area contributed by atoms with Crippen molar-refractivity contribution in [3.05, 3.63) is 71.8 Å². The van der Waals surface area contributed by atoms with E-state index in [0.717, 1.165) is 45.3 Å². The predicted octanol–water partition coefficient (Wildman–Crippen LogP) is 4.50. The molecule has 0 saturated heterocycles. The number of aromatic nitrogens is 2. The van der Waals surface area contributed by atoms with Crippen molar-refractivity contribution >= 4 is 22.9 Å². The molecule has 1 atom stereocenters. The van der Waals surface area contributed by atoms with Gasteiger partial charge in [-0.15, -0.1) is 10.2 Å². The van der Waals surface area contributed by atoms with E-state index < -0.39 is 0 Å². The second kappa shape index (κ2) is 7.23. The van der Waals surface area contributed by atoms with Gasteiger partial charge in [0.25, 0.3) is 0 Å². The van der Waals surface area contributed by atoms with Crippen LogP contribution in [-0.2, 0) is 4.79 Å². The van der Waals surface area contributed by atoms with Gasteiger partial charge in [-0.2, -0.15) is 0 Å². The Morgan fingerprint density at radius 2 is 1.78 bits per heavy atom. The summed E-state index contributed by atoms with van der Waals surface area (Å²) in [5.74, 6) is 0.214. The zero-order valence-corrected chi connectivity index (χ0v) is 15.5. The zero-order valence-electron chi connectivity index (χ0n) is 15.5. The number of benzene rings is 2. The van der Waals surface area contributed by atoms with Crippen molar-refractivity contribution in [2.45, 2.75) is 13.8 Å². The van der Waals surface area contributed by atoms with Gasteiger partial charge >= 0.3 is 0 Å². The first-order valence-electron chi connectivity index (χ1n) is 9.19. The van der Waals surface area contributed by atoms with E-state index in [1.165, 1.54) is 0 Å². The Balaban J connectivity index is 1.69. The van der Waals surface area contributed by atoms with E-state index in [4.69, 9.17) is 0 Å². The molecule has 0 N–H and O–H groups in total. The van der Waals surface area contributed by atoms with Gasteiger partial charge < -0.3 is 4.79 Å².